The van der Waals surface area contributed by atoms with E-state index in [4.69, 9.17) is 9.26 Å². The standard InChI is InChI=1S/C25H18FNO3/c26-21-11-7-19(8-12-21)24-16-23(30-27-24)17-29-22-13-9-20(10-14-22)25(28)15-6-18-4-2-1-3-5-18/h1-16H,17H2/b15-6+. The van der Waals surface area contributed by atoms with Gasteiger partial charge in [0.2, 0.25) is 0 Å². The molecule has 0 aliphatic rings. The van der Waals surface area contributed by atoms with Crippen molar-refractivity contribution < 1.29 is 18.4 Å². The normalized spacial score (nSPS) is 11.0. The summed E-state index contributed by atoms with van der Waals surface area (Å²) in [7, 11) is 0. The molecule has 0 unspecified atom stereocenters. The number of hydrogen-bond acceptors (Lipinski definition) is 4. The topological polar surface area (TPSA) is 52.3 Å². The first-order chi connectivity index (χ1) is 14.7. The van der Waals surface area contributed by atoms with E-state index >= 15 is 0 Å². The number of allylic oxidation sites excluding steroid dienone is 1. The maximum absolute atomic E-state index is 13.0. The minimum atomic E-state index is -0.303. The van der Waals surface area contributed by atoms with Gasteiger partial charge in [-0.05, 0) is 60.2 Å². The highest BCUT2D eigenvalue weighted by atomic mass is 19.1. The third kappa shape index (κ3) is 4.89. The summed E-state index contributed by atoms with van der Waals surface area (Å²) >= 11 is 0. The highest BCUT2D eigenvalue weighted by Crippen LogP contribution is 2.21. The van der Waals surface area contributed by atoms with E-state index < -0.39 is 0 Å². The van der Waals surface area contributed by atoms with Crippen molar-refractivity contribution >= 4 is 11.9 Å². The van der Waals surface area contributed by atoms with Crippen molar-refractivity contribution in [1.29, 1.82) is 0 Å². The van der Waals surface area contributed by atoms with Gasteiger partial charge < -0.3 is 9.26 Å². The van der Waals surface area contributed by atoms with Crippen molar-refractivity contribution in [3.8, 4) is 17.0 Å². The van der Waals surface area contributed by atoms with Crippen LogP contribution in [0.5, 0.6) is 5.75 Å². The lowest BCUT2D eigenvalue weighted by Gasteiger charge is -2.04. The smallest absolute Gasteiger partial charge is 0.185 e. The number of ketones is 1. The Balaban J connectivity index is 1.34. The summed E-state index contributed by atoms with van der Waals surface area (Å²) in [5, 5.41) is 3.98. The number of aromatic nitrogens is 1. The lowest BCUT2D eigenvalue weighted by molar-refractivity contribution is 0.104. The zero-order valence-corrected chi connectivity index (χ0v) is 16.0. The van der Waals surface area contributed by atoms with E-state index in [2.05, 4.69) is 5.16 Å². The first kappa shape index (κ1) is 19.3. The number of nitrogens with zero attached hydrogens (tertiary/aromatic N) is 1. The van der Waals surface area contributed by atoms with Gasteiger partial charge in [0.05, 0.1) is 0 Å². The van der Waals surface area contributed by atoms with Crippen LogP contribution in [0.15, 0.2) is 95.5 Å². The average molecular weight is 399 g/mol. The van der Waals surface area contributed by atoms with Gasteiger partial charge in [-0.2, -0.15) is 0 Å². The zero-order valence-electron chi connectivity index (χ0n) is 16.0. The van der Waals surface area contributed by atoms with E-state index in [1.54, 1.807) is 54.6 Å². The zero-order chi connectivity index (χ0) is 20.8. The van der Waals surface area contributed by atoms with Crippen LogP contribution in [0.4, 0.5) is 4.39 Å². The number of benzene rings is 3. The van der Waals surface area contributed by atoms with Crippen LogP contribution < -0.4 is 4.74 Å². The highest BCUT2D eigenvalue weighted by Gasteiger charge is 2.08. The van der Waals surface area contributed by atoms with Gasteiger partial charge in [-0.15, -0.1) is 0 Å². The molecule has 0 amide bonds. The third-order valence-corrected chi connectivity index (χ3v) is 4.45. The Kier molecular flexibility index (Phi) is 5.80. The highest BCUT2D eigenvalue weighted by molar-refractivity contribution is 6.06. The lowest BCUT2D eigenvalue weighted by atomic mass is 10.1. The van der Waals surface area contributed by atoms with E-state index in [9.17, 15) is 9.18 Å². The van der Waals surface area contributed by atoms with Crippen LogP contribution in [-0.2, 0) is 6.61 Å². The Morgan fingerprint density at radius 3 is 2.43 bits per heavy atom. The van der Waals surface area contributed by atoms with Crippen LogP contribution in [-0.4, -0.2) is 10.9 Å². The molecule has 0 aliphatic carbocycles. The minimum absolute atomic E-state index is 0.0791. The van der Waals surface area contributed by atoms with E-state index in [0.29, 0.717) is 22.8 Å². The molecule has 0 aliphatic heterocycles. The molecule has 0 atom stereocenters. The molecule has 1 aromatic heterocycles. The fourth-order valence-electron chi connectivity index (χ4n) is 2.84. The van der Waals surface area contributed by atoms with Crippen LogP contribution in [0.1, 0.15) is 21.7 Å². The summed E-state index contributed by atoms with van der Waals surface area (Å²) in [4.78, 5) is 12.3. The van der Waals surface area contributed by atoms with E-state index in [-0.39, 0.29) is 18.2 Å². The van der Waals surface area contributed by atoms with E-state index in [1.807, 2.05) is 30.3 Å². The molecule has 3 aromatic carbocycles. The fourth-order valence-corrected chi connectivity index (χ4v) is 2.84. The van der Waals surface area contributed by atoms with Crippen molar-refractivity contribution in [3.05, 3.63) is 114 Å². The Morgan fingerprint density at radius 2 is 1.70 bits per heavy atom. The summed E-state index contributed by atoms with van der Waals surface area (Å²) in [5.74, 6) is 0.770. The van der Waals surface area contributed by atoms with E-state index in [0.717, 1.165) is 11.1 Å². The van der Waals surface area contributed by atoms with Gasteiger partial charge in [0.15, 0.2) is 11.5 Å². The van der Waals surface area contributed by atoms with Crippen LogP contribution in [0.25, 0.3) is 17.3 Å². The molecule has 4 rings (SSSR count). The summed E-state index contributed by atoms with van der Waals surface area (Å²) in [6, 6.07) is 24.3. The predicted molar refractivity (Wildman–Crippen MR) is 112 cm³/mol. The van der Waals surface area contributed by atoms with Crippen molar-refractivity contribution in [1.82, 2.24) is 5.16 Å². The van der Waals surface area contributed by atoms with Crippen molar-refractivity contribution in [2.24, 2.45) is 0 Å². The Morgan fingerprint density at radius 1 is 0.967 bits per heavy atom. The van der Waals surface area contributed by atoms with Crippen molar-refractivity contribution in [2.45, 2.75) is 6.61 Å². The summed E-state index contributed by atoms with van der Waals surface area (Å²) < 4.78 is 24.0. The molecule has 4 nitrogen and oxygen atoms in total. The number of rotatable bonds is 7. The number of ether oxygens (including phenoxy) is 1. The van der Waals surface area contributed by atoms with Crippen molar-refractivity contribution in [3.63, 3.8) is 0 Å². The molecule has 0 radical (unpaired) electrons. The first-order valence-corrected chi connectivity index (χ1v) is 9.39. The van der Waals surface area contributed by atoms with Gasteiger partial charge in [0.25, 0.3) is 0 Å². The molecule has 5 heteroatoms. The Hall–Kier alpha value is -3.99. The Labute approximate surface area is 173 Å². The predicted octanol–water partition coefficient (Wildman–Crippen LogP) is 5.96. The van der Waals surface area contributed by atoms with Crippen LogP contribution in [0, 0.1) is 5.82 Å². The molecule has 4 aromatic rings. The summed E-state index contributed by atoms with van der Waals surface area (Å²) in [6.45, 7) is 0.190. The second-order valence-electron chi connectivity index (χ2n) is 6.61. The molecule has 148 valence electrons. The van der Waals surface area contributed by atoms with Crippen LogP contribution in [0.2, 0.25) is 0 Å². The molecule has 0 fully saturated rings. The summed E-state index contributed by atoms with van der Waals surface area (Å²) in [5.41, 5.74) is 2.92. The second-order valence-corrected chi connectivity index (χ2v) is 6.61. The maximum atomic E-state index is 13.0. The third-order valence-electron chi connectivity index (χ3n) is 4.45. The van der Waals surface area contributed by atoms with Gasteiger partial charge in [-0.25, -0.2) is 4.39 Å². The first-order valence-electron chi connectivity index (χ1n) is 9.39. The molecule has 30 heavy (non-hydrogen) atoms. The van der Waals surface area contributed by atoms with Crippen LogP contribution >= 0.6 is 0 Å². The molecule has 0 bridgehead atoms. The summed E-state index contributed by atoms with van der Waals surface area (Å²) in [6.07, 6.45) is 3.34. The molecular weight excluding hydrogens is 381 g/mol. The maximum Gasteiger partial charge on any atom is 0.185 e. The number of carbonyl (C=O) groups is 1. The van der Waals surface area contributed by atoms with Gasteiger partial charge in [0.1, 0.15) is 23.9 Å². The quantitative estimate of drug-likeness (QED) is 0.284. The van der Waals surface area contributed by atoms with E-state index in [1.165, 1.54) is 12.1 Å². The molecule has 0 saturated carbocycles. The minimum Gasteiger partial charge on any atom is -0.486 e. The van der Waals surface area contributed by atoms with Gasteiger partial charge in [0, 0.05) is 17.2 Å². The lowest BCUT2D eigenvalue weighted by Crippen LogP contribution is -1.96. The molecule has 1 heterocycles. The number of halogens is 1. The Bertz CT molecular complexity index is 1150. The van der Waals surface area contributed by atoms with Crippen molar-refractivity contribution in [2.75, 3.05) is 0 Å². The van der Waals surface area contributed by atoms with Gasteiger partial charge in [-0.1, -0.05) is 41.6 Å². The molecule has 0 N–H and O–H groups in total. The monoisotopic (exact) mass is 399 g/mol. The fraction of sp³-hybridized carbons (Fsp3) is 0.0400. The average Bonchev–Trinajstić information content (AvgIpc) is 3.27. The molecule has 0 saturated heterocycles. The molecular formula is C25H18FNO3. The number of carbonyl (C=O) groups excluding carboxylic acids is 1. The van der Waals surface area contributed by atoms with Gasteiger partial charge in [-0.3, -0.25) is 4.79 Å². The van der Waals surface area contributed by atoms with Crippen LogP contribution in [0.3, 0.4) is 0 Å². The molecule has 0 spiro atoms. The largest absolute Gasteiger partial charge is 0.486 e. The second kappa shape index (κ2) is 9.01. The SMILES string of the molecule is O=C(/C=C/c1ccccc1)c1ccc(OCc2cc(-c3ccc(F)cc3)no2)cc1. The van der Waals surface area contributed by atoms with Gasteiger partial charge >= 0.3 is 0 Å². The number of hydrogen-bond donors (Lipinski definition) is 0.